The summed E-state index contributed by atoms with van der Waals surface area (Å²) in [4.78, 5) is 0. The Morgan fingerprint density at radius 3 is 2.42 bits per heavy atom. The molecule has 3 rings (SSSR count). The lowest BCUT2D eigenvalue weighted by molar-refractivity contribution is 0.485. The standard InChI is InChI=1S/C16H17IN2/c17-15-9-5-4-8-12(15)16(19-18)14-10-13(14)11-6-2-1-3-7-11/h1-9,13-14,16,19H,10,18H2. The van der Waals surface area contributed by atoms with E-state index in [2.05, 4.69) is 82.6 Å². The van der Waals surface area contributed by atoms with E-state index in [1.807, 2.05) is 0 Å². The highest BCUT2D eigenvalue weighted by Gasteiger charge is 2.44. The van der Waals surface area contributed by atoms with Crippen LogP contribution in [0.25, 0.3) is 0 Å². The van der Waals surface area contributed by atoms with Crippen LogP contribution in [-0.2, 0) is 0 Å². The molecule has 0 spiro atoms. The van der Waals surface area contributed by atoms with Crippen molar-refractivity contribution < 1.29 is 0 Å². The second-order valence-corrected chi connectivity index (χ2v) is 6.24. The average molecular weight is 364 g/mol. The molecule has 1 aliphatic carbocycles. The van der Waals surface area contributed by atoms with Crippen molar-refractivity contribution in [3.63, 3.8) is 0 Å². The van der Waals surface area contributed by atoms with Crippen LogP contribution in [0.15, 0.2) is 54.6 Å². The molecule has 1 fully saturated rings. The van der Waals surface area contributed by atoms with Crippen LogP contribution in [0.4, 0.5) is 0 Å². The van der Waals surface area contributed by atoms with E-state index < -0.39 is 0 Å². The van der Waals surface area contributed by atoms with Crippen LogP contribution in [0.3, 0.4) is 0 Å². The molecule has 2 nitrogen and oxygen atoms in total. The molecule has 0 amide bonds. The fourth-order valence-corrected chi connectivity index (χ4v) is 3.56. The summed E-state index contributed by atoms with van der Waals surface area (Å²) in [6, 6.07) is 19.4. The fraction of sp³-hybridized carbons (Fsp3) is 0.250. The van der Waals surface area contributed by atoms with Crippen molar-refractivity contribution in [1.82, 2.24) is 5.43 Å². The number of hydrazine groups is 1. The molecule has 3 atom stereocenters. The van der Waals surface area contributed by atoms with E-state index in [0.717, 1.165) is 0 Å². The van der Waals surface area contributed by atoms with Crippen LogP contribution in [0.2, 0.25) is 0 Å². The van der Waals surface area contributed by atoms with Crippen molar-refractivity contribution in [2.45, 2.75) is 18.4 Å². The van der Waals surface area contributed by atoms with Gasteiger partial charge in [-0.3, -0.25) is 11.3 Å². The van der Waals surface area contributed by atoms with Crippen molar-refractivity contribution in [2.24, 2.45) is 11.8 Å². The summed E-state index contributed by atoms with van der Waals surface area (Å²) in [6.07, 6.45) is 1.21. The van der Waals surface area contributed by atoms with Crippen LogP contribution in [-0.4, -0.2) is 0 Å². The molecule has 3 heteroatoms. The summed E-state index contributed by atoms with van der Waals surface area (Å²) in [5.41, 5.74) is 5.76. The van der Waals surface area contributed by atoms with E-state index in [9.17, 15) is 0 Å². The van der Waals surface area contributed by atoms with Gasteiger partial charge in [0.2, 0.25) is 0 Å². The molecule has 0 saturated heterocycles. The number of nitrogens with two attached hydrogens (primary N) is 1. The van der Waals surface area contributed by atoms with Gasteiger partial charge in [-0.05, 0) is 58.0 Å². The van der Waals surface area contributed by atoms with Gasteiger partial charge in [-0.15, -0.1) is 0 Å². The molecule has 98 valence electrons. The molecule has 19 heavy (non-hydrogen) atoms. The van der Waals surface area contributed by atoms with Gasteiger partial charge in [-0.2, -0.15) is 0 Å². The zero-order chi connectivity index (χ0) is 13.2. The minimum Gasteiger partial charge on any atom is -0.271 e. The highest BCUT2D eigenvalue weighted by Crippen LogP contribution is 2.54. The van der Waals surface area contributed by atoms with Gasteiger partial charge in [0.15, 0.2) is 0 Å². The lowest BCUT2D eigenvalue weighted by Gasteiger charge is -2.18. The minimum atomic E-state index is 0.248. The van der Waals surface area contributed by atoms with Gasteiger partial charge in [0.1, 0.15) is 0 Å². The zero-order valence-electron chi connectivity index (χ0n) is 10.6. The van der Waals surface area contributed by atoms with Gasteiger partial charge in [0, 0.05) is 3.57 Å². The molecule has 3 N–H and O–H groups in total. The quantitative estimate of drug-likeness (QED) is 0.494. The first kappa shape index (κ1) is 13.1. The van der Waals surface area contributed by atoms with E-state index in [0.29, 0.717) is 11.8 Å². The topological polar surface area (TPSA) is 38.0 Å². The number of hydrogen-bond donors (Lipinski definition) is 2. The molecular weight excluding hydrogens is 347 g/mol. The number of benzene rings is 2. The summed E-state index contributed by atoms with van der Waals surface area (Å²) in [7, 11) is 0. The molecular formula is C16H17IN2. The van der Waals surface area contributed by atoms with Gasteiger partial charge in [0.25, 0.3) is 0 Å². The van der Waals surface area contributed by atoms with Gasteiger partial charge < -0.3 is 0 Å². The molecule has 2 aromatic rings. The number of rotatable bonds is 4. The van der Waals surface area contributed by atoms with Crippen LogP contribution in [0.1, 0.15) is 29.5 Å². The first-order valence-corrected chi connectivity index (χ1v) is 7.64. The maximum Gasteiger partial charge on any atom is 0.0504 e. The smallest absolute Gasteiger partial charge is 0.0504 e. The summed E-state index contributed by atoms with van der Waals surface area (Å²) in [5.74, 6) is 7.04. The van der Waals surface area contributed by atoms with E-state index in [1.165, 1.54) is 21.1 Å². The lowest BCUT2D eigenvalue weighted by Crippen LogP contribution is -2.30. The third-order valence-corrected chi connectivity index (χ3v) is 4.90. The highest BCUT2D eigenvalue weighted by atomic mass is 127. The summed E-state index contributed by atoms with van der Waals surface area (Å²) in [6.45, 7) is 0. The first-order chi connectivity index (χ1) is 9.31. The Hall–Kier alpha value is -0.910. The Morgan fingerprint density at radius 2 is 1.74 bits per heavy atom. The first-order valence-electron chi connectivity index (χ1n) is 6.56. The zero-order valence-corrected chi connectivity index (χ0v) is 12.7. The lowest BCUT2D eigenvalue weighted by atomic mass is 9.99. The van der Waals surface area contributed by atoms with Crippen molar-refractivity contribution in [1.29, 1.82) is 0 Å². The molecule has 0 aromatic heterocycles. The van der Waals surface area contributed by atoms with E-state index in [4.69, 9.17) is 5.84 Å². The predicted octanol–water partition coefficient (Wildman–Crippen LogP) is 3.60. The largest absolute Gasteiger partial charge is 0.271 e. The van der Waals surface area contributed by atoms with Crippen molar-refractivity contribution in [2.75, 3.05) is 0 Å². The van der Waals surface area contributed by atoms with Gasteiger partial charge in [-0.25, -0.2) is 0 Å². The van der Waals surface area contributed by atoms with Gasteiger partial charge in [0.05, 0.1) is 6.04 Å². The van der Waals surface area contributed by atoms with E-state index in [1.54, 1.807) is 0 Å². The Bertz CT molecular complexity index is 556. The van der Waals surface area contributed by atoms with E-state index >= 15 is 0 Å². The second-order valence-electron chi connectivity index (χ2n) is 5.08. The van der Waals surface area contributed by atoms with Crippen LogP contribution in [0.5, 0.6) is 0 Å². The maximum atomic E-state index is 5.80. The average Bonchev–Trinajstić information content (AvgIpc) is 3.23. The number of hydrogen-bond acceptors (Lipinski definition) is 2. The van der Waals surface area contributed by atoms with Gasteiger partial charge >= 0.3 is 0 Å². The molecule has 0 bridgehead atoms. The maximum absolute atomic E-state index is 5.80. The Labute approximate surface area is 127 Å². The normalized spacial score (nSPS) is 23.1. The number of halogens is 1. The predicted molar refractivity (Wildman–Crippen MR) is 86.5 cm³/mol. The second kappa shape index (κ2) is 5.61. The Kier molecular flexibility index (Phi) is 3.86. The Balaban J connectivity index is 1.81. The fourth-order valence-electron chi connectivity index (χ4n) is 2.84. The van der Waals surface area contributed by atoms with Crippen LogP contribution < -0.4 is 11.3 Å². The number of nitrogens with one attached hydrogen (secondary N) is 1. The molecule has 1 saturated carbocycles. The molecule has 0 heterocycles. The highest BCUT2D eigenvalue weighted by molar-refractivity contribution is 14.1. The summed E-state index contributed by atoms with van der Waals surface area (Å²) < 4.78 is 1.28. The summed E-state index contributed by atoms with van der Waals surface area (Å²) >= 11 is 2.39. The SMILES string of the molecule is NNC(c1ccccc1I)C1CC1c1ccccc1. The van der Waals surface area contributed by atoms with Gasteiger partial charge in [-0.1, -0.05) is 48.5 Å². The third-order valence-electron chi connectivity index (χ3n) is 3.92. The Morgan fingerprint density at radius 1 is 1.05 bits per heavy atom. The van der Waals surface area contributed by atoms with Crippen LogP contribution in [0, 0.1) is 9.49 Å². The summed E-state index contributed by atoms with van der Waals surface area (Å²) in [5, 5.41) is 0. The van der Waals surface area contributed by atoms with Crippen molar-refractivity contribution in [3.8, 4) is 0 Å². The van der Waals surface area contributed by atoms with Crippen molar-refractivity contribution in [3.05, 3.63) is 69.3 Å². The monoisotopic (exact) mass is 364 g/mol. The molecule has 3 unspecified atom stereocenters. The molecule has 1 aliphatic rings. The molecule has 0 radical (unpaired) electrons. The van der Waals surface area contributed by atoms with Crippen molar-refractivity contribution >= 4 is 22.6 Å². The molecule has 0 aliphatic heterocycles. The van der Waals surface area contributed by atoms with Crippen LogP contribution >= 0.6 is 22.6 Å². The molecule has 2 aromatic carbocycles. The van der Waals surface area contributed by atoms with E-state index in [-0.39, 0.29) is 6.04 Å². The third kappa shape index (κ3) is 2.68. The minimum absolute atomic E-state index is 0.248.